The molecule has 1 fully saturated rings. The molecule has 0 saturated carbocycles. The van der Waals surface area contributed by atoms with Gasteiger partial charge in [0.15, 0.2) is 0 Å². The van der Waals surface area contributed by atoms with Crippen LogP contribution in [0.1, 0.15) is 23.6 Å². The zero-order valence-corrected chi connectivity index (χ0v) is 12.8. The minimum absolute atomic E-state index is 0.0246. The van der Waals surface area contributed by atoms with Crippen LogP contribution in [0.15, 0.2) is 48.8 Å². The lowest BCUT2D eigenvalue weighted by molar-refractivity contribution is 0.136. The van der Waals surface area contributed by atoms with Gasteiger partial charge in [-0.1, -0.05) is 36.4 Å². The standard InChI is InChI=1S/C18H23N3/c1-15-10-16(12-19-11-15)13-21-9-8-20-18(2,14-21)17-6-4-3-5-7-17/h3-7,10-12,20H,8-9,13-14H2,1-2H3. The van der Waals surface area contributed by atoms with Crippen LogP contribution in [0.25, 0.3) is 0 Å². The van der Waals surface area contributed by atoms with Crippen molar-refractivity contribution >= 4 is 0 Å². The molecule has 0 spiro atoms. The summed E-state index contributed by atoms with van der Waals surface area (Å²) in [5.74, 6) is 0. The molecule has 1 saturated heterocycles. The smallest absolute Gasteiger partial charge is 0.0535 e. The van der Waals surface area contributed by atoms with Crippen LogP contribution in [0.2, 0.25) is 0 Å². The molecular weight excluding hydrogens is 258 g/mol. The first-order valence-corrected chi connectivity index (χ1v) is 7.59. The van der Waals surface area contributed by atoms with Gasteiger partial charge in [0.05, 0.1) is 5.54 Å². The van der Waals surface area contributed by atoms with E-state index < -0.39 is 0 Å². The topological polar surface area (TPSA) is 28.2 Å². The van der Waals surface area contributed by atoms with Crippen LogP contribution in [0.4, 0.5) is 0 Å². The molecule has 1 N–H and O–H groups in total. The molecule has 110 valence electrons. The van der Waals surface area contributed by atoms with Gasteiger partial charge in [0.25, 0.3) is 0 Å². The number of aryl methyl sites for hydroxylation is 1. The van der Waals surface area contributed by atoms with E-state index in [1.165, 1.54) is 16.7 Å². The third-order valence-corrected chi connectivity index (χ3v) is 4.23. The van der Waals surface area contributed by atoms with Crippen molar-refractivity contribution < 1.29 is 0 Å². The second-order valence-corrected chi connectivity index (χ2v) is 6.21. The summed E-state index contributed by atoms with van der Waals surface area (Å²) in [6.07, 6.45) is 3.89. The molecule has 1 aliphatic heterocycles. The fourth-order valence-corrected chi connectivity index (χ4v) is 3.17. The highest BCUT2D eigenvalue weighted by Gasteiger charge is 2.31. The van der Waals surface area contributed by atoms with Crippen LogP contribution in [0.3, 0.4) is 0 Å². The van der Waals surface area contributed by atoms with Gasteiger partial charge in [0.2, 0.25) is 0 Å². The third kappa shape index (κ3) is 3.31. The maximum atomic E-state index is 4.30. The number of nitrogens with one attached hydrogen (secondary N) is 1. The Balaban J connectivity index is 1.74. The molecule has 2 aromatic rings. The van der Waals surface area contributed by atoms with Crippen molar-refractivity contribution in [3.8, 4) is 0 Å². The highest BCUT2D eigenvalue weighted by molar-refractivity contribution is 5.25. The van der Waals surface area contributed by atoms with Crippen molar-refractivity contribution in [3.05, 3.63) is 65.5 Å². The van der Waals surface area contributed by atoms with Gasteiger partial charge < -0.3 is 5.32 Å². The molecule has 0 amide bonds. The number of aromatic nitrogens is 1. The summed E-state index contributed by atoms with van der Waals surface area (Å²) < 4.78 is 0. The third-order valence-electron chi connectivity index (χ3n) is 4.23. The normalized spacial score (nSPS) is 23.1. The molecule has 1 aliphatic rings. The average Bonchev–Trinajstić information content (AvgIpc) is 2.48. The summed E-state index contributed by atoms with van der Waals surface area (Å²) in [7, 11) is 0. The molecule has 3 nitrogen and oxygen atoms in total. The van der Waals surface area contributed by atoms with Gasteiger partial charge >= 0.3 is 0 Å². The molecule has 1 aromatic carbocycles. The second kappa shape index (κ2) is 5.96. The van der Waals surface area contributed by atoms with E-state index in [-0.39, 0.29) is 5.54 Å². The molecule has 1 atom stereocenters. The number of nitrogens with zero attached hydrogens (tertiary/aromatic N) is 2. The molecule has 3 heteroatoms. The van der Waals surface area contributed by atoms with Crippen LogP contribution < -0.4 is 5.32 Å². The van der Waals surface area contributed by atoms with E-state index in [9.17, 15) is 0 Å². The molecule has 1 aromatic heterocycles. The highest BCUT2D eigenvalue weighted by Crippen LogP contribution is 2.25. The van der Waals surface area contributed by atoms with Crippen molar-refractivity contribution in [2.45, 2.75) is 25.9 Å². The van der Waals surface area contributed by atoms with Crippen LogP contribution in [0.5, 0.6) is 0 Å². The zero-order valence-electron chi connectivity index (χ0n) is 12.8. The van der Waals surface area contributed by atoms with E-state index in [4.69, 9.17) is 0 Å². The van der Waals surface area contributed by atoms with E-state index in [2.05, 4.69) is 65.4 Å². The van der Waals surface area contributed by atoms with Gasteiger partial charge in [-0.25, -0.2) is 0 Å². The van der Waals surface area contributed by atoms with Crippen molar-refractivity contribution in [2.24, 2.45) is 0 Å². The lowest BCUT2D eigenvalue weighted by Gasteiger charge is -2.42. The average molecular weight is 281 g/mol. The highest BCUT2D eigenvalue weighted by atomic mass is 15.2. The fourth-order valence-electron chi connectivity index (χ4n) is 3.17. The number of piperazine rings is 1. The van der Waals surface area contributed by atoms with E-state index >= 15 is 0 Å². The summed E-state index contributed by atoms with van der Waals surface area (Å²) in [4.78, 5) is 6.82. The lowest BCUT2D eigenvalue weighted by Crippen LogP contribution is -2.56. The Kier molecular flexibility index (Phi) is 4.04. The van der Waals surface area contributed by atoms with Crippen molar-refractivity contribution in [1.82, 2.24) is 15.2 Å². The fraction of sp³-hybridized carbons (Fsp3) is 0.389. The first kappa shape index (κ1) is 14.2. The quantitative estimate of drug-likeness (QED) is 0.937. The summed E-state index contributed by atoms with van der Waals surface area (Å²) in [5.41, 5.74) is 3.91. The minimum Gasteiger partial charge on any atom is -0.305 e. The van der Waals surface area contributed by atoms with Crippen LogP contribution in [-0.4, -0.2) is 29.5 Å². The second-order valence-electron chi connectivity index (χ2n) is 6.21. The summed E-state index contributed by atoms with van der Waals surface area (Å²) in [6, 6.07) is 13.0. The molecular formula is C18H23N3. The number of hydrogen-bond donors (Lipinski definition) is 1. The first-order chi connectivity index (χ1) is 10.2. The Morgan fingerprint density at radius 2 is 2.05 bits per heavy atom. The minimum atomic E-state index is 0.0246. The first-order valence-electron chi connectivity index (χ1n) is 7.59. The SMILES string of the molecule is Cc1cncc(CN2CCNC(C)(c3ccccc3)C2)c1. The Bertz CT molecular complexity index is 596. The van der Waals surface area contributed by atoms with Gasteiger partial charge in [0, 0.05) is 38.6 Å². The Morgan fingerprint density at radius 3 is 2.81 bits per heavy atom. The zero-order chi connectivity index (χ0) is 14.7. The van der Waals surface area contributed by atoms with Crippen molar-refractivity contribution in [1.29, 1.82) is 0 Å². The summed E-state index contributed by atoms with van der Waals surface area (Å²) in [6.45, 7) is 8.48. The maximum Gasteiger partial charge on any atom is 0.0535 e. The van der Waals surface area contributed by atoms with Crippen LogP contribution in [-0.2, 0) is 12.1 Å². The molecule has 0 aliphatic carbocycles. The lowest BCUT2D eigenvalue weighted by atomic mass is 9.89. The van der Waals surface area contributed by atoms with Crippen LogP contribution in [0, 0.1) is 6.92 Å². The molecule has 1 unspecified atom stereocenters. The number of hydrogen-bond acceptors (Lipinski definition) is 3. The van der Waals surface area contributed by atoms with Gasteiger partial charge in [0.1, 0.15) is 0 Å². The molecule has 2 heterocycles. The van der Waals surface area contributed by atoms with Gasteiger partial charge in [-0.2, -0.15) is 0 Å². The predicted molar refractivity (Wildman–Crippen MR) is 86.0 cm³/mol. The van der Waals surface area contributed by atoms with Gasteiger partial charge in [-0.3, -0.25) is 9.88 Å². The number of rotatable bonds is 3. The van der Waals surface area contributed by atoms with E-state index in [0.29, 0.717) is 0 Å². The van der Waals surface area contributed by atoms with Crippen LogP contribution >= 0.6 is 0 Å². The van der Waals surface area contributed by atoms with Gasteiger partial charge in [-0.05, 0) is 30.5 Å². The van der Waals surface area contributed by atoms with E-state index in [0.717, 1.165) is 26.2 Å². The predicted octanol–water partition coefficient (Wildman–Crippen LogP) is 2.71. The number of benzene rings is 1. The van der Waals surface area contributed by atoms with E-state index in [1.807, 2.05) is 12.4 Å². The molecule has 0 radical (unpaired) electrons. The van der Waals surface area contributed by atoms with Crippen molar-refractivity contribution in [3.63, 3.8) is 0 Å². The summed E-state index contributed by atoms with van der Waals surface area (Å²) >= 11 is 0. The maximum absolute atomic E-state index is 4.30. The molecule has 3 rings (SSSR count). The number of pyridine rings is 1. The Morgan fingerprint density at radius 1 is 1.24 bits per heavy atom. The Labute approximate surface area is 127 Å². The summed E-state index contributed by atoms with van der Waals surface area (Å²) in [5, 5.41) is 3.68. The largest absolute Gasteiger partial charge is 0.305 e. The monoisotopic (exact) mass is 281 g/mol. The Hall–Kier alpha value is -1.71. The molecule has 21 heavy (non-hydrogen) atoms. The van der Waals surface area contributed by atoms with E-state index in [1.54, 1.807) is 0 Å². The van der Waals surface area contributed by atoms with Gasteiger partial charge in [-0.15, -0.1) is 0 Å². The molecule has 0 bridgehead atoms. The van der Waals surface area contributed by atoms with Crippen molar-refractivity contribution in [2.75, 3.05) is 19.6 Å².